The van der Waals surface area contributed by atoms with Crippen LogP contribution in [0.15, 0.2) is 16.4 Å². The summed E-state index contributed by atoms with van der Waals surface area (Å²) in [6.45, 7) is 15.4. The number of nitroso groups, excluding NO2 is 1. The average Bonchev–Trinajstić information content (AvgIpc) is 2.14. The monoisotopic (exact) mass is 240 g/mol. The summed E-state index contributed by atoms with van der Waals surface area (Å²) >= 11 is 0. The van der Waals surface area contributed by atoms with Crippen LogP contribution in [0.5, 0.6) is 0 Å². The molecule has 0 fully saturated rings. The van der Waals surface area contributed by atoms with Crippen molar-refractivity contribution in [2.24, 2.45) is 27.7 Å². The Hall–Kier alpha value is -0.700. The highest BCUT2D eigenvalue weighted by Gasteiger charge is 2.28. The maximum Gasteiger partial charge on any atom is 0.0981 e. The minimum Gasteiger partial charge on any atom is -0.325 e. The first-order valence-electron chi connectivity index (χ1n) is 6.30. The molecule has 1 atom stereocenters. The number of hydrogen-bond acceptors (Lipinski definition) is 3. The molecule has 100 valence electrons. The summed E-state index contributed by atoms with van der Waals surface area (Å²) < 4.78 is 0. The van der Waals surface area contributed by atoms with Crippen molar-refractivity contribution in [2.75, 3.05) is 6.54 Å². The van der Waals surface area contributed by atoms with Gasteiger partial charge in [0.15, 0.2) is 0 Å². The fraction of sp³-hybridized carbons (Fsp3) is 0.857. The van der Waals surface area contributed by atoms with Gasteiger partial charge in [0.2, 0.25) is 0 Å². The fourth-order valence-corrected chi connectivity index (χ4v) is 1.68. The molecule has 17 heavy (non-hydrogen) atoms. The molecule has 0 aromatic heterocycles. The quantitative estimate of drug-likeness (QED) is 0.753. The number of rotatable bonds is 4. The zero-order valence-electron chi connectivity index (χ0n) is 12.4. The van der Waals surface area contributed by atoms with Gasteiger partial charge in [-0.3, -0.25) is 0 Å². The summed E-state index contributed by atoms with van der Waals surface area (Å²) in [5.74, 6) is 0.486. The second-order valence-electron chi connectivity index (χ2n) is 6.94. The first-order valence-corrected chi connectivity index (χ1v) is 6.30. The Kier molecular flexibility index (Phi) is 5.53. The topological polar surface area (TPSA) is 55.4 Å². The lowest BCUT2D eigenvalue weighted by atomic mass is 9.73. The van der Waals surface area contributed by atoms with Gasteiger partial charge in [0.05, 0.1) is 5.70 Å². The molecule has 0 aromatic rings. The van der Waals surface area contributed by atoms with Gasteiger partial charge < -0.3 is 5.73 Å². The van der Waals surface area contributed by atoms with Crippen molar-refractivity contribution < 1.29 is 0 Å². The molecule has 3 nitrogen and oxygen atoms in total. The SMILES string of the molecule is CC(CC(=C(CN)N=O)C(C)(C)C)C(C)(C)C. The molecule has 0 aliphatic carbocycles. The lowest BCUT2D eigenvalue weighted by Gasteiger charge is -2.33. The molecule has 0 rings (SSSR count). The fourth-order valence-electron chi connectivity index (χ4n) is 1.68. The summed E-state index contributed by atoms with van der Waals surface area (Å²) in [6.07, 6.45) is 0.880. The Balaban J connectivity index is 5.26. The Morgan fingerprint density at radius 1 is 1.18 bits per heavy atom. The second-order valence-corrected chi connectivity index (χ2v) is 6.94. The molecule has 0 saturated carbocycles. The third-order valence-electron chi connectivity index (χ3n) is 3.55. The Labute approximate surface area is 106 Å². The first-order chi connectivity index (χ1) is 7.54. The van der Waals surface area contributed by atoms with Crippen LogP contribution < -0.4 is 5.73 Å². The number of hydrogen-bond donors (Lipinski definition) is 1. The molecule has 0 aliphatic heterocycles. The van der Waals surface area contributed by atoms with Crippen LogP contribution in [0.2, 0.25) is 0 Å². The van der Waals surface area contributed by atoms with E-state index in [1.807, 2.05) is 0 Å². The van der Waals surface area contributed by atoms with Crippen molar-refractivity contribution in [3.05, 3.63) is 16.2 Å². The molecule has 0 amide bonds. The molecule has 0 saturated heterocycles. The summed E-state index contributed by atoms with van der Waals surface area (Å²) in [4.78, 5) is 10.9. The van der Waals surface area contributed by atoms with Crippen LogP contribution >= 0.6 is 0 Å². The molecule has 0 bridgehead atoms. The van der Waals surface area contributed by atoms with Crippen LogP contribution in [0.3, 0.4) is 0 Å². The van der Waals surface area contributed by atoms with Crippen molar-refractivity contribution in [1.82, 2.24) is 0 Å². The maximum atomic E-state index is 10.9. The molecule has 0 heterocycles. The van der Waals surface area contributed by atoms with E-state index in [-0.39, 0.29) is 17.4 Å². The largest absolute Gasteiger partial charge is 0.325 e. The van der Waals surface area contributed by atoms with Gasteiger partial charge in [-0.2, -0.15) is 0 Å². The van der Waals surface area contributed by atoms with Gasteiger partial charge in [0.25, 0.3) is 0 Å². The smallest absolute Gasteiger partial charge is 0.0981 e. The molecular formula is C14H28N2O. The average molecular weight is 240 g/mol. The molecule has 3 heteroatoms. The highest BCUT2D eigenvalue weighted by molar-refractivity contribution is 5.21. The Morgan fingerprint density at radius 2 is 1.65 bits per heavy atom. The Morgan fingerprint density at radius 3 is 1.88 bits per heavy atom. The van der Waals surface area contributed by atoms with Gasteiger partial charge in [-0.1, -0.05) is 48.5 Å². The third kappa shape index (κ3) is 4.99. The van der Waals surface area contributed by atoms with Crippen LogP contribution in [-0.2, 0) is 0 Å². The lowest BCUT2D eigenvalue weighted by Crippen LogP contribution is -2.23. The second kappa shape index (κ2) is 5.76. The van der Waals surface area contributed by atoms with E-state index in [0.717, 1.165) is 12.0 Å². The summed E-state index contributed by atoms with van der Waals surface area (Å²) in [5.41, 5.74) is 7.40. The van der Waals surface area contributed by atoms with Gasteiger partial charge in [0.1, 0.15) is 0 Å². The third-order valence-corrected chi connectivity index (χ3v) is 3.55. The van der Waals surface area contributed by atoms with Crippen LogP contribution in [0.25, 0.3) is 0 Å². The standard InChI is InChI=1S/C14H28N2O/c1-10(13(2,3)4)8-11(14(5,6)7)12(9-15)16-17/h10H,8-9,15H2,1-7H3. The van der Waals surface area contributed by atoms with Gasteiger partial charge in [-0.05, 0) is 33.9 Å². The molecule has 0 aliphatic rings. The lowest BCUT2D eigenvalue weighted by molar-refractivity contribution is 0.247. The van der Waals surface area contributed by atoms with Crippen molar-refractivity contribution in [3.63, 3.8) is 0 Å². The molecule has 2 N–H and O–H groups in total. The predicted molar refractivity (Wildman–Crippen MR) is 74.6 cm³/mol. The van der Waals surface area contributed by atoms with E-state index in [4.69, 9.17) is 5.73 Å². The van der Waals surface area contributed by atoms with Crippen LogP contribution in [0, 0.1) is 21.7 Å². The van der Waals surface area contributed by atoms with E-state index in [1.54, 1.807) is 0 Å². The highest BCUT2D eigenvalue weighted by Crippen LogP contribution is 2.38. The molecule has 0 spiro atoms. The van der Waals surface area contributed by atoms with E-state index < -0.39 is 0 Å². The highest BCUT2D eigenvalue weighted by atomic mass is 16.3. The van der Waals surface area contributed by atoms with E-state index >= 15 is 0 Å². The van der Waals surface area contributed by atoms with E-state index in [2.05, 4.69) is 53.6 Å². The van der Waals surface area contributed by atoms with Crippen LogP contribution in [0.4, 0.5) is 0 Å². The zero-order chi connectivity index (χ0) is 13.9. The Bertz CT molecular complexity index is 292. The van der Waals surface area contributed by atoms with Crippen molar-refractivity contribution in [2.45, 2.75) is 54.9 Å². The predicted octanol–water partition coefficient (Wildman–Crippen LogP) is 4.08. The van der Waals surface area contributed by atoms with Crippen molar-refractivity contribution in [1.29, 1.82) is 0 Å². The van der Waals surface area contributed by atoms with Gasteiger partial charge in [-0.15, -0.1) is 4.91 Å². The molecular weight excluding hydrogens is 212 g/mol. The zero-order valence-corrected chi connectivity index (χ0v) is 12.4. The number of allylic oxidation sites excluding steroid dienone is 1. The summed E-state index contributed by atoms with van der Waals surface area (Å²) in [5, 5.41) is 3.11. The molecule has 1 unspecified atom stereocenters. The first kappa shape index (κ1) is 16.3. The molecule has 0 radical (unpaired) electrons. The summed E-state index contributed by atoms with van der Waals surface area (Å²) in [6, 6.07) is 0. The van der Waals surface area contributed by atoms with Gasteiger partial charge in [0, 0.05) is 6.54 Å². The van der Waals surface area contributed by atoms with Crippen molar-refractivity contribution in [3.8, 4) is 0 Å². The van der Waals surface area contributed by atoms with E-state index in [0.29, 0.717) is 11.6 Å². The summed E-state index contributed by atoms with van der Waals surface area (Å²) in [7, 11) is 0. The van der Waals surface area contributed by atoms with E-state index in [1.165, 1.54) is 0 Å². The van der Waals surface area contributed by atoms with Crippen LogP contribution in [-0.4, -0.2) is 6.54 Å². The minimum atomic E-state index is -0.0534. The molecule has 0 aromatic carbocycles. The van der Waals surface area contributed by atoms with Crippen molar-refractivity contribution >= 4 is 0 Å². The maximum absolute atomic E-state index is 10.9. The van der Waals surface area contributed by atoms with E-state index in [9.17, 15) is 4.91 Å². The normalized spacial score (nSPS) is 16.5. The minimum absolute atomic E-state index is 0.0534. The number of nitrogens with zero attached hydrogens (tertiary/aromatic N) is 1. The number of nitrogens with two attached hydrogens (primary N) is 1. The van der Waals surface area contributed by atoms with Gasteiger partial charge in [-0.25, -0.2) is 0 Å². The van der Waals surface area contributed by atoms with Crippen LogP contribution in [0.1, 0.15) is 54.9 Å². The van der Waals surface area contributed by atoms with Gasteiger partial charge >= 0.3 is 0 Å².